The van der Waals surface area contributed by atoms with Crippen LogP contribution in [-0.2, 0) is 9.53 Å². The van der Waals surface area contributed by atoms with Crippen LogP contribution in [0, 0.1) is 0 Å². The van der Waals surface area contributed by atoms with Crippen LogP contribution in [0.4, 0.5) is 5.69 Å². The van der Waals surface area contributed by atoms with Crippen LogP contribution in [0.2, 0.25) is 0 Å². The van der Waals surface area contributed by atoms with Crippen molar-refractivity contribution in [2.75, 3.05) is 11.9 Å². The van der Waals surface area contributed by atoms with Gasteiger partial charge in [-0.25, -0.2) is 0 Å². The largest absolute Gasteiger partial charge is 0.479 e. The van der Waals surface area contributed by atoms with E-state index in [1.165, 1.54) is 18.3 Å². The number of esters is 1. The summed E-state index contributed by atoms with van der Waals surface area (Å²) in [6.45, 7) is 3.36. The average molecular weight is 343 g/mol. The number of benzene rings is 1. The van der Waals surface area contributed by atoms with Crippen LogP contribution in [0.3, 0.4) is 0 Å². The quantitative estimate of drug-likeness (QED) is 0.859. The number of carbonyl (C=O) groups excluding carboxylic acids is 2. The van der Waals surface area contributed by atoms with Gasteiger partial charge in [-0.15, -0.1) is 11.3 Å². The molecule has 0 radical (unpaired) electrons. The Kier molecular flexibility index (Phi) is 4.40. The smallest absolute Gasteiger partial charge is 0.302 e. The number of hydrogen-bond acceptors (Lipinski definition) is 5. The molecule has 1 aromatic heterocycles. The monoisotopic (exact) mass is 343 g/mol. The molecule has 1 unspecified atom stereocenters. The summed E-state index contributed by atoms with van der Waals surface area (Å²) < 4.78 is 11.0. The second-order valence-corrected chi connectivity index (χ2v) is 6.66. The fourth-order valence-electron chi connectivity index (χ4n) is 2.32. The summed E-state index contributed by atoms with van der Waals surface area (Å²) in [4.78, 5) is 23.7. The summed E-state index contributed by atoms with van der Waals surface area (Å²) in [5.41, 5.74) is 0.865. The molecule has 0 spiro atoms. The average Bonchev–Trinajstić information content (AvgIpc) is 3.08. The molecular formula is C18H17NO4S. The standard InChI is InChI=1S/C18H17NO4S/c1-12(20)22-11-18(2)8-7-13-10-14(5-6-15(13)23-18)19-17(21)16-4-3-9-24-16/h3-10H,11H2,1-2H3,(H,19,21). The van der Waals surface area contributed by atoms with E-state index < -0.39 is 5.60 Å². The number of rotatable bonds is 4. The van der Waals surface area contributed by atoms with Crippen LogP contribution in [0.15, 0.2) is 41.8 Å². The van der Waals surface area contributed by atoms with Gasteiger partial charge in [-0.3, -0.25) is 9.59 Å². The molecule has 1 atom stereocenters. The maximum Gasteiger partial charge on any atom is 0.302 e. The molecule has 6 heteroatoms. The third kappa shape index (κ3) is 3.65. The van der Waals surface area contributed by atoms with E-state index in [1.54, 1.807) is 18.2 Å². The number of anilines is 1. The lowest BCUT2D eigenvalue weighted by molar-refractivity contribution is -0.145. The lowest BCUT2D eigenvalue weighted by Crippen LogP contribution is -2.37. The third-order valence-corrected chi connectivity index (χ3v) is 4.40. The minimum atomic E-state index is -0.694. The predicted molar refractivity (Wildman–Crippen MR) is 93.4 cm³/mol. The van der Waals surface area contributed by atoms with E-state index in [0.717, 1.165) is 5.56 Å². The van der Waals surface area contributed by atoms with Crippen molar-refractivity contribution in [2.45, 2.75) is 19.4 Å². The highest BCUT2D eigenvalue weighted by atomic mass is 32.1. The first-order chi connectivity index (χ1) is 11.5. The third-order valence-electron chi connectivity index (χ3n) is 3.53. The molecule has 1 aliphatic rings. The van der Waals surface area contributed by atoms with Crippen LogP contribution in [0.5, 0.6) is 5.75 Å². The van der Waals surface area contributed by atoms with Gasteiger partial charge in [0.15, 0.2) is 5.60 Å². The second kappa shape index (κ2) is 6.49. The summed E-state index contributed by atoms with van der Waals surface area (Å²) in [6, 6.07) is 9.06. The SMILES string of the molecule is CC(=O)OCC1(C)C=Cc2cc(NC(=O)c3cccs3)ccc2O1. The number of fused-ring (bicyclic) bond motifs is 1. The Balaban J connectivity index is 1.73. The molecule has 1 N–H and O–H groups in total. The van der Waals surface area contributed by atoms with E-state index in [9.17, 15) is 9.59 Å². The topological polar surface area (TPSA) is 64.6 Å². The van der Waals surface area contributed by atoms with E-state index in [4.69, 9.17) is 9.47 Å². The van der Waals surface area contributed by atoms with Crippen molar-refractivity contribution in [3.8, 4) is 5.75 Å². The van der Waals surface area contributed by atoms with E-state index in [-0.39, 0.29) is 18.5 Å². The first kappa shape index (κ1) is 16.3. The van der Waals surface area contributed by atoms with Gasteiger partial charge in [0.25, 0.3) is 5.91 Å². The van der Waals surface area contributed by atoms with E-state index in [0.29, 0.717) is 16.3 Å². The van der Waals surface area contributed by atoms with Crippen molar-refractivity contribution >= 4 is 35.0 Å². The lowest BCUT2D eigenvalue weighted by atomic mass is 10.0. The zero-order valence-corrected chi connectivity index (χ0v) is 14.2. The first-order valence-electron chi connectivity index (χ1n) is 7.46. The van der Waals surface area contributed by atoms with Crippen molar-refractivity contribution < 1.29 is 19.1 Å². The molecule has 0 bridgehead atoms. The van der Waals surface area contributed by atoms with Crippen LogP contribution >= 0.6 is 11.3 Å². The maximum absolute atomic E-state index is 12.1. The van der Waals surface area contributed by atoms with Crippen molar-refractivity contribution in [3.05, 3.63) is 52.2 Å². The van der Waals surface area contributed by atoms with Gasteiger partial charge in [0.1, 0.15) is 12.4 Å². The molecule has 24 heavy (non-hydrogen) atoms. The zero-order valence-electron chi connectivity index (χ0n) is 13.4. The van der Waals surface area contributed by atoms with Crippen LogP contribution in [-0.4, -0.2) is 24.1 Å². The van der Waals surface area contributed by atoms with E-state index >= 15 is 0 Å². The molecule has 124 valence electrons. The van der Waals surface area contributed by atoms with E-state index in [2.05, 4.69) is 5.32 Å². The molecule has 3 rings (SSSR count). The van der Waals surface area contributed by atoms with Crippen LogP contribution in [0.25, 0.3) is 6.08 Å². The summed E-state index contributed by atoms with van der Waals surface area (Å²) in [5, 5.41) is 4.73. The maximum atomic E-state index is 12.1. The molecule has 5 nitrogen and oxygen atoms in total. The highest BCUT2D eigenvalue weighted by Gasteiger charge is 2.29. The lowest BCUT2D eigenvalue weighted by Gasteiger charge is -2.31. The molecule has 0 saturated heterocycles. The molecule has 2 aromatic rings. The Hall–Kier alpha value is -2.60. The van der Waals surface area contributed by atoms with Crippen LogP contribution < -0.4 is 10.1 Å². The molecule has 0 saturated carbocycles. The Morgan fingerprint density at radius 3 is 2.88 bits per heavy atom. The fraction of sp³-hybridized carbons (Fsp3) is 0.222. The number of hydrogen-bond donors (Lipinski definition) is 1. The minimum absolute atomic E-state index is 0.134. The number of amides is 1. The van der Waals surface area contributed by atoms with Crippen molar-refractivity contribution in [1.82, 2.24) is 0 Å². The molecule has 0 aliphatic carbocycles. The molecule has 2 heterocycles. The minimum Gasteiger partial charge on any atom is -0.479 e. The molecule has 0 fully saturated rings. The Labute approximate surface area is 143 Å². The molecule has 1 aliphatic heterocycles. The Morgan fingerprint density at radius 1 is 1.33 bits per heavy atom. The van der Waals surface area contributed by atoms with Crippen LogP contribution in [0.1, 0.15) is 29.1 Å². The Morgan fingerprint density at radius 2 is 2.17 bits per heavy atom. The molecule has 1 amide bonds. The number of thiophene rings is 1. The summed E-state index contributed by atoms with van der Waals surface area (Å²) in [7, 11) is 0. The first-order valence-corrected chi connectivity index (χ1v) is 8.34. The number of carbonyl (C=O) groups is 2. The zero-order chi connectivity index (χ0) is 17.2. The van der Waals surface area contributed by atoms with Crippen molar-refractivity contribution in [3.63, 3.8) is 0 Å². The van der Waals surface area contributed by atoms with Gasteiger partial charge in [0.2, 0.25) is 0 Å². The highest BCUT2D eigenvalue weighted by Crippen LogP contribution is 2.33. The predicted octanol–water partition coefficient (Wildman–Crippen LogP) is 3.73. The van der Waals surface area contributed by atoms with Crippen molar-refractivity contribution in [2.24, 2.45) is 0 Å². The number of nitrogens with one attached hydrogen (secondary N) is 1. The fourth-order valence-corrected chi connectivity index (χ4v) is 2.94. The van der Waals surface area contributed by atoms with Gasteiger partial charge in [0.05, 0.1) is 4.88 Å². The van der Waals surface area contributed by atoms with Gasteiger partial charge < -0.3 is 14.8 Å². The normalized spacial score (nSPS) is 18.4. The summed E-state index contributed by atoms with van der Waals surface area (Å²) >= 11 is 1.39. The van der Waals surface area contributed by atoms with E-state index in [1.807, 2.05) is 36.6 Å². The highest BCUT2D eigenvalue weighted by molar-refractivity contribution is 7.12. The summed E-state index contributed by atoms with van der Waals surface area (Å²) in [5.74, 6) is 0.206. The van der Waals surface area contributed by atoms with Gasteiger partial charge in [-0.1, -0.05) is 12.1 Å². The van der Waals surface area contributed by atoms with Gasteiger partial charge >= 0.3 is 5.97 Å². The molecule has 1 aromatic carbocycles. The molecular weight excluding hydrogens is 326 g/mol. The van der Waals surface area contributed by atoms with Crippen molar-refractivity contribution in [1.29, 1.82) is 0 Å². The second-order valence-electron chi connectivity index (χ2n) is 5.71. The van der Waals surface area contributed by atoms with Gasteiger partial charge in [-0.2, -0.15) is 0 Å². The summed E-state index contributed by atoms with van der Waals surface area (Å²) in [6.07, 6.45) is 3.76. The van der Waals surface area contributed by atoms with Gasteiger partial charge in [-0.05, 0) is 42.6 Å². The van der Waals surface area contributed by atoms with Gasteiger partial charge in [0, 0.05) is 18.2 Å². The number of ether oxygens (including phenoxy) is 2. The Bertz CT molecular complexity index is 797.